The molecule has 3 aromatic rings. The Morgan fingerprint density at radius 1 is 1.17 bits per heavy atom. The van der Waals surface area contributed by atoms with Gasteiger partial charge in [-0.3, -0.25) is 4.79 Å². The Bertz CT molecular complexity index is 1090. The lowest BCUT2D eigenvalue weighted by molar-refractivity contribution is -0.00840. The number of benzene rings is 1. The first-order valence-corrected chi connectivity index (χ1v) is 10.7. The number of rotatable bonds is 3. The number of para-hydroxylation sites is 1. The minimum Gasteiger partial charge on any atom is -0.480 e. The third kappa shape index (κ3) is 3.02. The van der Waals surface area contributed by atoms with E-state index in [1.807, 2.05) is 42.4 Å². The number of fused-ring (bicyclic) bond motifs is 4. The Hall–Kier alpha value is -3.02. The van der Waals surface area contributed by atoms with Gasteiger partial charge in [-0.05, 0) is 37.1 Å². The second kappa shape index (κ2) is 7.04. The van der Waals surface area contributed by atoms with Crippen molar-refractivity contribution in [1.82, 2.24) is 14.5 Å². The predicted molar refractivity (Wildman–Crippen MR) is 113 cm³/mol. The number of piperidine rings is 1. The molecule has 0 saturated carbocycles. The molecule has 1 amide bonds. The predicted octanol–water partition coefficient (Wildman–Crippen LogP) is 4.63. The number of aryl methyl sites for hydroxylation is 1. The number of ether oxygens (including phenoxy) is 1. The van der Waals surface area contributed by atoms with E-state index in [2.05, 4.69) is 24.5 Å². The van der Waals surface area contributed by atoms with Crippen LogP contribution in [0.1, 0.15) is 48.7 Å². The highest BCUT2D eigenvalue weighted by atomic mass is 16.5. The minimum atomic E-state index is -0.467. The van der Waals surface area contributed by atoms with Gasteiger partial charge in [-0.1, -0.05) is 26.0 Å². The Labute approximate surface area is 176 Å². The van der Waals surface area contributed by atoms with Gasteiger partial charge in [-0.2, -0.15) is 0 Å². The van der Waals surface area contributed by atoms with Crippen molar-refractivity contribution in [3.05, 3.63) is 59.9 Å². The lowest BCUT2D eigenvalue weighted by atomic mass is 9.83. The van der Waals surface area contributed by atoms with Crippen LogP contribution in [0.15, 0.2) is 47.1 Å². The van der Waals surface area contributed by atoms with E-state index in [1.165, 1.54) is 0 Å². The number of nitrogens with zero attached hydrogens (tertiary/aromatic N) is 3. The van der Waals surface area contributed by atoms with Crippen molar-refractivity contribution in [2.24, 2.45) is 5.92 Å². The van der Waals surface area contributed by atoms with E-state index in [4.69, 9.17) is 14.1 Å². The van der Waals surface area contributed by atoms with Gasteiger partial charge in [0.2, 0.25) is 0 Å². The standard InChI is InChI=1S/C24H27N3O3/c1-16(2)14-27-15-25-21-18-6-4-5-7-19(18)30-24(22(21)27)10-12-26(13-11-24)23(28)20-9-8-17(3)29-20/h4-9,15-16H,10-14H2,1-3H3. The van der Waals surface area contributed by atoms with Crippen molar-refractivity contribution in [2.45, 2.75) is 45.8 Å². The molecule has 1 aromatic carbocycles. The maximum absolute atomic E-state index is 12.9. The summed E-state index contributed by atoms with van der Waals surface area (Å²) in [5, 5.41) is 0. The summed E-state index contributed by atoms with van der Waals surface area (Å²) in [4.78, 5) is 19.5. The number of likely N-dealkylation sites (tertiary alicyclic amines) is 1. The minimum absolute atomic E-state index is 0.0509. The summed E-state index contributed by atoms with van der Waals surface area (Å²) in [6.45, 7) is 8.41. The zero-order valence-corrected chi connectivity index (χ0v) is 17.7. The van der Waals surface area contributed by atoms with E-state index in [0.29, 0.717) is 24.8 Å². The molecule has 5 rings (SSSR count). The van der Waals surface area contributed by atoms with Crippen LogP contribution in [0, 0.1) is 12.8 Å². The van der Waals surface area contributed by atoms with E-state index >= 15 is 0 Å². The molecule has 2 aliphatic rings. The molecular formula is C24H27N3O3. The van der Waals surface area contributed by atoms with Crippen molar-refractivity contribution in [3.63, 3.8) is 0 Å². The molecule has 6 nitrogen and oxygen atoms in total. The zero-order valence-electron chi connectivity index (χ0n) is 17.7. The SMILES string of the molecule is Cc1ccc(C(=O)N2CCC3(CC2)Oc2ccccc2-c2ncn(CC(C)C)c23)o1. The smallest absolute Gasteiger partial charge is 0.289 e. The molecule has 0 aliphatic carbocycles. The monoisotopic (exact) mass is 405 g/mol. The Balaban J connectivity index is 1.48. The number of amides is 1. The van der Waals surface area contributed by atoms with Crippen LogP contribution in [0.2, 0.25) is 0 Å². The van der Waals surface area contributed by atoms with Crippen LogP contribution >= 0.6 is 0 Å². The van der Waals surface area contributed by atoms with Crippen LogP contribution in [0.3, 0.4) is 0 Å². The van der Waals surface area contributed by atoms with E-state index in [-0.39, 0.29) is 5.91 Å². The Morgan fingerprint density at radius 3 is 2.63 bits per heavy atom. The average molecular weight is 405 g/mol. The van der Waals surface area contributed by atoms with Gasteiger partial charge >= 0.3 is 0 Å². The van der Waals surface area contributed by atoms with Crippen molar-refractivity contribution >= 4 is 5.91 Å². The van der Waals surface area contributed by atoms with Gasteiger partial charge in [0.15, 0.2) is 11.4 Å². The number of carbonyl (C=O) groups is 1. The second-order valence-electron chi connectivity index (χ2n) is 8.78. The molecular weight excluding hydrogens is 378 g/mol. The molecule has 0 atom stereocenters. The van der Waals surface area contributed by atoms with Crippen LogP contribution in [-0.2, 0) is 12.1 Å². The van der Waals surface area contributed by atoms with Crippen LogP contribution in [0.25, 0.3) is 11.3 Å². The second-order valence-corrected chi connectivity index (χ2v) is 8.78. The molecule has 156 valence electrons. The fourth-order valence-corrected chi connectivity index (χ4v) is 4.71. The highest BCUT2D eigenvalue weighted by Crippen LogP contribution is 2.49. The van der Waals surface area contributed by atoms with Gasteiger partial charge in [0.05, 0.1) is 17.7 Å². The van der Waals surface area contributed by atoms with Gasteiger partial charge in [-0.25, -0.2) is 4.98 Å². The van der Waals surface area contributed by atoms with E-state index < -0.39 is 5.60 Å². The molecule has 30 heavy (non-hydrogen) atoms. The van der Waals surface area contributed by atoms with Crippen molar-refractivity contribution < 1.29 is 13.9 Å². The molecule has 0 unspecified atom stereocenters. The summed E-state index contributed by atoms with van der Waals surface area (Å²) in [6, 6.07) is 11.7. The molecule has 6 heteroatoms. The van der Waals surface area contributed by atoms with Crippen molar-refractivity contribution in [3.8, 4) is 17.0 Å². The fraction of sp³-hybridized carbons (Fsp3) is 0.417. The van der Waals surface area contributed by atoms with Crippen molar-refractivity contribution in [1.29, 1.82) is 0 Å². The van der Waals surface area contributed by atoms with Gasteiger partial charge in [0.25, 0.3) is 5.91 Å². The molecule has 0 bridgehead atoms. The third-order valence-corrected chi connectivity index (χ3v) is 6.09. The summed E-state index contributed by atoms with van der Waals surface area (Å²) >= 11 is 0. The topological polar surface area (TPSA) is 60.5 Å². The highest BCUT2D eigenvalue weighted by molar-refractivity contribution is 5.91. The van der Waals surface area contributed by atoms with Crippen LogP contribution in [0.4, 0.5) is 0 Å². The van der Waals surface area contributed by atoms with Gasteiger partial charge < -0.3 is 18.6 Å². The molecule has 4 heterocycles. The van der Waals surface area contributed by atoms with E-state index in [0.717, 1.165) is 47.8 Å². The van der Waals surface area contributed by atoms with Crippen LogP contribution in [0.5, 0.6) is 5.75 Å². The first kappa shape index (κ1) is 19.0. The van der Waals surface area contributed by atoms with Gasteiger partial charge in [0, 0.05) is 38.0 Å². The van der Waals surface area contributed by atoms with Crippen LogP contribution in [-0.4, -0.2) is 33.4 Å². The molecule has 1 fully saturated rings. The third-order valence-electron chi connectivity index (χ3n) is 6.09. The fourth-order valence-electron chi connectivity index (χ4n) is 4.71. The van der Waals surface area contributed by atoms with E-state index in [1.54, 1.807) is 6.07 Å². The number of hydrogen-bond acceptors (Lipinski definition) is 4. The molecule has 1 spiro atoms. The Kier molecular flexibility index (Phi) is 4.45. The molecule has 2 aliphatic heterocycles. The Morgan fingerprint density at radius 2 is 1.93 bits per heavy atom. The maximum Gasteiger partial charge on any atom is 0.289 e. The zero-order chi connectivity index (χ0) is 20.9. The normalized spacial score (nSPS) is 17.0. The quantitative estimate of drug-likeness (QED) is 0.637. The lowest BCUT2D eigenvalue weighted by Gasteiger charge is -2.44. The number of hydrogen-bond donors (Lipinski definition) is 0. The van der Waals surface area contributed by atoms with E-state index in [9.17, 15) is 4.79 Å². The first-order valence-electron chi connectivity index (χ1n) is 10.7. The summed E-state index contributed by atoms with van der Waals surface area (Å²) in [5.41, 5.74) is 2.74. The number of aromatic nitrogens is 2. The van der Waals surface area contributed by atoms with Crippen LogP contribution < -0.4 is 4.74 Å². The first-order chi connectivity index (χ1) is 14.5. The number of carbonyl (C=O) groups excluding carboxylic acids is 1. The van der Waals surface area contributed by atoms with Crippen molar-refractivity contribution in [2.75, 3.05) is 13.1 Å². The van der Waals surface area contributed by atoms with Gasteiger partial charge in [0.1, 0.15) is 11.5 Å². The molecule has 0 N–H and O–H groups in total. The summed E-state index contributed by atoms with van der Waals surface area (Å²) in [5.74, 6) is 2.48. The largest absolute Gasteiger partial charge is 0.480 e. The van der Waals surface area contributed by atoms with Gasteiger partial charge in [-0.15, -0.1) is 0 Å². The summed E-state index contributed by atoms with van der Waals surface area (Å²) in [6.07, 6.45) is 3.40. The average Bonchev–Trinajstić information content (AvgIpc) is 3.35. The molecule has 2 aromatic heterocycles. The lowest BCUT2D eigenvalue weighted by Crippen LogP contribution is -2.50. The maximum atomic E-state index is 12.9. The summed E-state index contributed by atoms with van der Waals surface area (Å²) in [7, 11) is 0. The highest BCUT2D eigenvalue weighted by Gasteiger charge is 2.47. The molecule has 0 radical (unpaired) electrons. The summed E-state index contributed by atoms with van der Waals surface area (Å²) < 4.78 is 14.5. The number of imidazole rings is 1. The number of furan rings is 1. The molecule has 1 saturated heterocycles.